The topological polar surface area (TPSA) is 90.3 Å². The normalized spacial score (nSPS) is 11.7. The largest absolute Gasteiger partial charge is 0.337 e. The summed E-state index contributed by atoms with van der Waals surface area (Å²) in [7, 11) is 0. The van der Waals surface area contributed by atoms with Crippen LogP contribution in [0.3, 0.4) is 0 Å². The van der Waals surface area contributed by atoms with Gasteiger partial charge in [0, 0.05) is 10.7 Å². The number of fused-ring (bicyclic) bond motifs is 1. The van der Waals surface area contributed by atoms with Gasteiger partial charge in [-0.05, 0) is 49.4 Å². The number of aromatic nitrogens is 4. The highest BCUT2D eigenvalue weighted by molar-refractivity contribution is 6.30. The summed E-state index contributed by atoms with van der Waals surface area (Å²) in [6.45, 7) is 1.79. The van der Waals surface area contributed by atoms with Crippen molar-refractivity contribution in [2.45, 2.75) is 6.92 Å². The molecule has 0 unspecified atom stereocenters. The summed E-state index contributed by atoms with van der Waals surface area (Å²) in [5.74, 6) is 0.428. The molecule has 2 heterocycles. The Balaban J connectivity index is 1.81. The lowest BCUT2D eigenvalue weighted by Gasteiger charge is -2.00. The summed E-state index contributed by atoms with van der Waals surface area (Å²) >= 11 is 5.91. The molecule has 6 nitrogen and oxygen atoms in total. The third kappa shape index (κ3) is 3.05. The fraction of sp³-hybridized carbons (Fsp3) is 0.0500. The van der Waals surface area contributed by atoms with E-state index in [4.69, 9.17) is 11.6 Å². The lowest BCUT2D eigenvalue weighted by atomic mass is 10.1. The Hall–Kier alpha value is -3.56. The van der Waals surface area contributed by atoms with Crippen molar-refractivity contribution in [1.82, 2.24) is 19.7 Å². The van der Waals surface area contributed by atoms with E-state index in [0.717, 1.165) is 11.0 Å². The number of imidazole rings is 1. The molecule has 0 aliphatic carbocycles. The number of benzene rings is 2. The summed E-state index contributed by atoms with van der Waals surface area (Å²) < 4.78 is 1.42. The van der Waals surface area contributed by atoms with Gasteiger partial charge in [0.05, 0.1) is 27.9 Å². The Bertz CT molecular complexity index is 1240. The molecule has 4 aromatic rings. The summed E-state index contributed by atoms with van der Waals surface area (Å²) in [5.41, 5.74) is 3.35. The molecule has 7 heteroatoms. The second-order valence-electron chi connectivity index (χ2n) is 6.04. The fourth-order valence-electron chi connectivity index (χ4n) is 2.88. The van der Waals surface area contributed by atoms with E-state index >= 15 is 0 Å². The molecule has 0 amide bonds. The molecule has 27 heavy (non-hydrogen) atoms. The molecule has 0 fully saturated rings. The molecule has 2 aromatic heterocycles. The first kappa shape index (κ1) is 16.9. The summed E-state index contributed by atoms with van der Waals surface area (Å²) in [5, 5.41) is 13.2. The Labute approximate surface area is 159 Å². The van der Waals surface area contributed by atoms with Crippen LogP contribution >= 0.6 is 11.6 Å². The van der Waals surface area contributed by atoms with Crippen molar-refractivity contribution in [3.63, 3.8) is 0 Å². The van der Waals surface area contributed by atoms with Crippen molar-refractivity contribution in [2.75, 3.05) is 0 Å². The van der Waals surface area contributed by atoms with Gasteiger partial charge >= 0.3 is 0 Å². The maximum atomic E-state index is 12.8. The molecule has 0 aliphatic rings. The van der Waals surface area contributed by atoms with Gasteiger partial charge in [0.15, 0.2) is 0 Å². The quantitative estimate of drug-likeness (QED) is 0.529. The van der Waals surface area contributed by atoms with E-state index in [0.29, 0.717) is 27.8 Å². The zero-order valence-electron chi connectivity index (χ0n) is 14.3. The minimum Gasteiger partial charge on any atom is -0.337 e. The molecule has 4 rings (SSSR count). The second-order valence-corrected chi connectivity index (χ2v) is 6.48. The standard InChI is InChI=1S/C20H14ClN5O/c1-12-16(20(27)26(25-12)15-8-6-14(21)7-9-15)10-13(11-22)19-23-17-4-2-3-5-18(17)24-19/h2-10,25H,1H3,(H,23,24)/b13-10+. The molecule has 2 aromatic carbocycles. The Morgan fingerprint density at radius 2 is 1.96 bits per heavy atom. The summed E-state index contributed by atoms with van der Waals surface area (Å²) in [4.78, 5) is 20.4. The third-order valence-corrected chi connectivity index (χ3v) is 4.51. The predicted octanol–water partition coefficient (Wildman–Crippen LogP) is 4.07. The lowest BCUT2D eigenvalue weighted by Crippen LogP contribution is -2.15. The van der Waals surface area contributed by atoms with Crippen molar-refractivity contribution in [3.05, 3.63) is 81.0 Å². The highest BCUT2D eigenvalue weighted by atomic mass is 35.5. The first-order chi connectivity index (χ1) is 13.1. The molecule has 132 valence electrons. The SMILES string of the molecule is Cc1[nH]n(-c2ccc(Cl)cc2)c(=O)c1/C=C(\C#N)c1nc2ccccc2[nH]1. The molecule has 0 aliphatic heterocycles. The number of allylic oxidation sites excluding steroid dienone is 1. The molecule has 0 saturated carbocycles. The minimum absolute atomic E-state index is 0.251. The maximum absolute atomic E-state index is 12.8. The Morgan fingerprint density at radius 3 is 2.67 bits per heavy atom. The molecule has 0 saturated heterocycles. The van der Waals surface area contributed by atoms with Gasteiger partial charge < -0.3 is 4.98 Å². The number of H-pyrrole nitrogens is 2. The number of nitriles is 1. The first-order valence-electron chi connectivity index (χ1n) is 8.21. The third-order valence-electron chi connectivity index (χ3n) is 4.26. The van der Waals surface area contributed by atoms with Gasteiger partial charge in [0.25, 0.3) is 5.56 Å². The number of para-hydroxylation sites is 2. The van der Waals surface area contributed by atoms with E-state index in [9.17, 15) is 10.1 Å². The number of hydrogen-bond acceptors (Lipinski definition) is 3. The monoisotopic (exact) mass is 375 g/mol. The summed E-state index contributed by atoms with van der Waals surface area (Å²) in [6.07, 6.45) is 1.55. The van der Waals surface area contributed by atoms with Crippen molar-refractivity contribution >= 4 is 34.3 Å². The number of rotatable bonds is 3. The number of halogens is 1. The van der Waals surface area contributed by atoms with Gasteiger partial charge in [-0.1, -0.05) is 23.7 Å². The van der Waals surface area contributed by atoms with Crippen LogP contribution in [0.25, 0.3) is 28.4 Å². The van der Waals surface area contributed by atoms with E-state index < -0.39 is 0 Å². The number of nitrogens with zero attached hydrogens (tertiary/aromatic N) is 3. The maximum Gasteiger partial charge on any atom is 0.278 e. The number of hydrogen-bond donors (Lipinski definition) is 2. The minimum atomic E-state index is -0.251. The Morgan fingerprint density at radius 1 is 1.22 bits per heavy atom. The van der Waals surface area contributed by atoms with Gasteiger partial charge in [-0.25, -0.2) is 9.67 Å². The molecule has 0 spiro atoms. The van der Waals surface area contributed by atoms with Gasteiger partial charge in [0.2, 0.25) is 0 Å². The smallest absolute Gasteiger partial charge is 0.278 e. The van der Waals surface area contributed by atoms with Crippen LogP contribution in [0.2, 0.25) is 5.02 Å². The van der Waals surface area contributed by atoms with Crippen LogP contribution in [0.5, 0.6) is 0 Å². The van der Waals surface area contributed by atoms with Crippen LogP contribution in [0.15, 0.2) is 53.3 Å². The van der Waals surface area contributed by atoms with E-state index in [1.54, 1.807) is 37.3 Å². The Kier molecular flexibility index (Phi) is 4.15. The summed E-state index contributed by atoms with van der Waals surface area (Å²) in [6, 6.07) is 16.6. The van der Waals surface area contributed by atoms with Crippen LogP contribution < -0.4 is 5.56 Å². The first-order valence-corrected chi connectivity index (χ1v) is 8.59. The van der Waals surface area contributed by atoms with Crippen LogP contribution in [-0.2, 0) is 0 Å². The predicted molar refractivity (Wildman–Crippen MR) is 106 cm³/mol. The average molecular weight is 376 g/mol. The van der Waals surface area contributed by atoms with E-state index in [-0.39, 0.29) is 11.1 Å². The highest BCUT2D eigenvalue weighted by Crippen LogP contribution is 2.19. The molecular weight excluding hydrogens is 362 g/mol. The molecular formula is C20H14ClN5O. The van der Waals surface area contributed by atoms with Gasteiger partial charge in [0.1, 0.15) is 11.9 Å². The second kappa shape index (κ2) is 6.63. The van der Waals surface area contributed by atoms with E-state index in [1.807, 2.05) is 24.3 Å². The van der Waals surface area contributed by atoms with E-state index in [1.165, 1.54) is 4.68 Å². The van der Waals surface area contributed by atoms with Crippen LogP contribution in [0.1, 0.15) is 17.1 Å². The number of nitrogens with one attached hydrogen (secondary N) is 2. The molecule has 0 radical (unpaired) electrons. The van der Waals surface area contributed by atoms with Crippen molar-refractivity contribution in [3.8, 4) is 11.8 Å². The zero-order valence-corrected chi connectivity index (χ0v) is 15.1. The average Bonchev–Trinajstić information content (AvgIpc) is 3.22. The van der Waals surface area contributed by atoms with E-state index in [2.05, 4.69) is 21.1 Å². The number of aromatic amines is 2. The van der Waals surface area contributed by atoms with Crippen molar-refractivity contribution < 1.29 is 0 Å². The van der Waals surface area contributed by atoms with Crippen LogP contribution in [0, 0.1) is 18.3 Å². The highest BCUT2D eigenvalue weighted by Gasteiger charge is 2.14. The fourth-order valence-corrected chi connectivity index (χ4v) is 3.01. The molecule has 2 N–H and O–H groups in total. The van der Waals surface area contributed by atoms with Crippen molar-refractivity contribution in [2.24, 2.45) is 0 Å². The van der Waals surface area contributed by atoms with Crippen LogP contribution in [-0.4, -0.2) is 19.7 Å². The lowest BCUT2D eigenvalue weighted by molar-refractivity contribution is 0.835. The van der Waals surface area contributed by atoms with Gasteiger partial charge in [-0.2, -0.15) is 5.26 Å². The zero-order chi connectivity index (χ0) is 19.0. The van der Waals surface area contributed by atoms with Crippen LogP contribution in [0.4, 0.5) is 0 Å². The van der Waals surface area contributed by atoms with Gasteiger partial charge in [-0.15, -0.1) is 0 Å². The number of aryl methyl sites for hydroxylation is 1. The molecule has 0 atom stereocenters. The van der Waals surface area contributed by atoms with Gasteiger partial charge in [-0.3, -0.25) is 9.89 Å². The molecule has 0 bridgehead atoms. The van der Waals surface area contributed by atoms with Crippen molar-refractivity contribution in [1.29, 1.82) is 5.26 Å².